The number of anilines is 1. The molecule has 0 saturated heterocycles. The van der Waals surface area contributed by atoms with Crippen molar-refractivity contribution in [3.8, 4) is 0 Å². The number of carbonyl (C=O) groups excluding carboxylic acids is 2. The third-order valence-corrected chi connectivity index (χ3v) is 4.35. The molecule has 122 valence electrons. The molecule has 0 fully saturated rings. The SMILES string of the molecule is Cc1cccc(NC2=CC(=O)N(CCc3ccccc3)C2=O)c1C. The van der Waals surface area contributed by atoms with Crippen LogP contribution in [-0.4, -0.2) is 23.3 Å². The van der Waals surface area contributed by atoms with Gasteiger partial charge in [-0.2, -0.15) is 0 Å². The first-order valence-electron chi connectivity index (χ1n) is 8.01. The van der Waals surface area contributed by atoms with Gasteiger partial charge in [-0.25, -0.2) is 0 Å². The number of nitrogens with one attached hydrogen (secondary N) is 1. The molecule has 0 aromatic heterocycles. The van der Waals surface area contributed by atoms with Gasteiger partial charge in [-0.15, -0.1) is 0 Å². The molecule has 0 saturated carbocycles. The van der Waals surface area contributed by atoms with Crippen LogP contribution in [-0.2, 0) is 16.0 Å². The van der Waals surface area contributed by atoms with E-state index in [2.05, 4.69) is 5.32 Å². The smallest absolute Gasteiger partial charge is 0.277 e. The molecule has 0 radical (unpaired) electrons. The summed E-state index contributed by atoms with van der Waals surface area (Å²) in [4.78, 5) is 26.0. The van der Waals surface area contributed by atoms with Crippen molar-refractivity contribution in [3.05, 3.63) is 77.0 Å². The fourth-order valence-electron chi connectivity index (χ4n) is 2.73. The highest BCUT2D eigenvalue weighted by Gasteiger charge is 2.30. The molecule has 2 amide bonds. The van der Waals surface area contributed by atoms with Crippen LogP contribution < -0.4 is 5.32 Å². The lowest BCUT2D eigenvalue weighted by Gasteiger charge is -2.16. The van der Waals surface area contributed by atoms with E-state index in [9.17, 15) is 9.59 Å². The van der Waals surface area contributed by atoms with Crippen molar-refractivity contribution in [1.29, 1.82) is 0 Å². The lowest BCUT2D eigenvalue weighted by Crippen LogP contribution is -2.33. The molecule has 3 rings (SSSR count). The van der Waals surface area contributed by atoms with E-state index >= 15 is 0 Å². The number of hydrogen-bond acceptors (Lipinski definition) is 3. The molecule has 2 aromatic rings. The van der Waals surface area contributed by atoms with Crippen LogP contribution in [0.3, 0.4) is 0 Å². The third kappa shape index (κ3) is 3.23. The number of benzene rings is 2. The topological polar surface area (TPSA) is 49.4 Å². The van der Waals surface area contributed by atoms with Crippen molar-refractivity contribution in [2.24, 2.45) is 0 Å². The van der Waals surface area contributed by atoms with Gasteiger partial charge in [0.2, 0.25) is 0 Å². The minimum Gasteiger partial charge on any atom is -0.351 e. The Labute approximate surface area is 141 Å². The van der Waals surface area contributed by atoms with E-state index < -0.39 is 0 Å². The number of aryl methyl sites for hydroxylation is 1. The second kappa shape index (κ2) is 6.71. The van der Waals surface area contributed by atoms with Gasteiger partial charge < -0.3 is 5.32 Å². The summed E-state index contributed by atoms with van der Waals surface area (Å²) in [6.07, 6.45) is 2.04. The van der Waals surface area contributed by atoms with Crippen molar-refractivity contribution in [3.63, 3.8) is 0 Å². The van der Waals surface area contributed by atoms with Gasteiger partial charge >= 0.3 is 0 Å². The first kappa shape index (κ1) is 16.0. The minimum absolute atomic E-state index is 0.260. The summed E-state index contributed by atoms with van der Waals surface area (Å²) in [6, 6.07) is 15.7. The van der Waals surface area contributed by atoms with E-state index in [4.69, 9.17) is 0 Å². The zero-order chi connectivity index (χ0) is 17.1. The third-order valence-electron chi connectivity index (χ3n) is 4.35. The predicted octanol–water partition coefficient (Wildman–Crippen LogP) is 3.21. The number of hydrogen-bond donors (Lipinski definition) is 1. The van der Waals surface area contributed by atoms with Crippen LogP contribution in [0.5, 0.6) is 0 Å². The lowest BCUT2D eigenvalue weighted by molar-refractivity contribution is -0.137. The number of nitrogens with zero attached hydrogens (tertiary/aromatic N) is 1. The highest BCUT2D eigenvalue weighted by Crippen LogP contribution is 2.22. The van der Waals surface area contributed by atoms with Gasteiger partial charge in [-0.1, -0.05) is 42.5 Å². The quantitative estimate of drug-likeness (QED) is 0.861. The van der Waals surface area contributed by atoms with Crippen molar-refractivity contribution in [1.82, 2.24) is 4.90 Å². The molecular formula is C20H20N2O2. The van der Waals surface area contributed by atoms with E-state index in [-0.39, 0.29) is 11.8 Å². The van der Waals surface area contributed by atoms with Crippen LogP contribution in [0.2, 0.25) is 0 Å². The minimum atomic E-state index is -0.267. The molecule has 24 heavy (non-hydrogen) atoms. The molecule has 1 heterocycles. The molecule has 0 aliphatic carbocycles. The summed E-state index contributed by atoms with van der Waals surface area (Å²) in [6.45, 7) is 4.39. The van der Waals surface area contributed by atoms with Crippen LogP contribution >= 0.6 is 0 Å². The van der Waals surface area contributed by atoms with Gasteiger partial charge in [0.25, 0.3) is 11.8 Å². The predicted molar refractivity (Wildman–Crippen MR) is 94.5 cm³/mol. The second-order valence-electron chi connectivity index (χ2n) is 5.96. The first-order chi connectivity index (χ1) is 11.6. The Morgan fingerprint density at radius 2 is 1.71 bits per heavy atom. The van der Waals surface area contributed by atoms with Crippen molar-refractivity contribution in [2.75, 3.05) is 11.9 Å². The van der Waals surface area contributed by atoms with Crippen LogP contribution in [0, 0.1) is 13.8 Å². The molecule has 1 N–H and O–H groups in total. The van der Waals surface area contributed by atoms with Gasteiger partial charge in [-0.3, -0.25) is 14.5 Å². The average Bonchev–Trinajstić information content (AvgIpc) is 2.85. The van der Waals surface area contributed by atoms with Gasteiger partial charge in [0.1, 0.15) is 5.70 Å². The van der Waals surface area contributed by atoms with E-state index in [0.29, 0.717) is 18.7 Å². The Kier molecular flexibility index (Phi) is 4.47. The summed E-state index contributed by atoms with van der Waals surface area (Å²) in [5.74, 6) is -0.527. The molecule has 0 unspecified atom stereocenters. The van der Waals surface area contributed by atoms with Crippen LogP contribution in [0.25, 0.3) is 0 Å². The summed E-state index contributed by atoms with van der Waals surface area (Å²) >= 11 is 0. The van der Waals surface area contributed by atoms with Gasteiger partial charge in [-0.05, 0) is 43.0 Å². The summed E-state index contributed by atoms with van der Waals surface area (Å²) in [5.41, 5.74) is 4.50. The molecule has 4 heteroatoms. The fraction of sp³-hybridized carbons (Fsp3) is 0.200. The maximum absolute atomic E-state index is 12.5. The molecule has 4 nitrogen and oxygen atoms in total. The van der Waals surface area contributed by atoms with Crippen molar-refractivity contribution in [2.45, 2.75) is 20.3 Å². The van der Waals surface area contributed by atoms with E-state index in [1.165, 1.54) is 11.0 Å². The van der Waals surface area contributed by atoms with Gasteiger partial charge in [0.15, 0.2) is 0 Å². The molecule has 1 aliphatic heterocycles. The molecule has 1 aliphatic rings. The number of imide groups is 1. The molecule has 2 aromatic carbocycles. The Morgan fingerprint density at radius 1 is 0.958 bits per heavy atom. The Balaban J connectivity index is 1.69. The van der Waals surface area contributed by atoms with Crippen molar-refractivity contribution >= 4 is 17.5 Å². The zero-order valence-electron chi connectivity index (χ0n) is 13.9. The van der Waals surface area contributed by atoms with E-state index in [1.807, 2.05) is 62.4 Å². The first-order valence-corrected chi connectivity index (χ1v) is 8.01. The molecule has 0 bridgehead atoms. The van der Waals surface area contributed by atoms with Gasteiger partial charge in [0, 0.05) is 18.3 Å². The maximum atomic E-state index is 12.5. The Hall–Kier alpha value is -2.88. The average molecular weight is 320 g/mol. The zero-order valence-corrected chi connectivity index (χ0v) is 13.9. The Morgan fingerprint density at radius 3 is 2.46 bits per heavy atom. The van der Waals surface area contributed by atoms with Crippen LogP contribution in [0.4, 0.5) is 5.69 Å². The monoisotopic (exact) mass is 320 g/mol. The van der Waals surface area contributed by atoms with Gasteiger partial charge in [0.05, 0.1) is 0 Å². The number of rotatable bonds is 5. The Bertz CT molecular complexity index is 810. The molecule has 0 spiro atoms. The second-order valence-corrected chi connectivity index (χ2v) is 5.96. The van der Waals surface area contributed by atoms with Crippen LogP contribution in [0.1, 0.15) is 16.7 Å². The summed E-state index contributed by atoms with van der Waals surface area (Å²) < 4.78 is 0. The largest absolute Gasteiger partial charge is 0.351 e. The highest BCUT2D eigenvalue weighted by atomic mass is 16.2. The number of amides is 2. The standard InChI is InChI=1S/C20H20N2O2/c1-14-7-6-10-17(15(14)2)21-18-13-19(23)22(20(18)24)12-11-16-8-4-3-5-9-16/h3-10,13,21H,11-12H2,1-2H3. The maximum Gasteiger partial charge on any atom is 0.277 e. The molecule has 0 atom stereocenters. The normalized spacial score (nSPS) is 14.1. The fourth-order valence-corrected chi connectivity index (χ4v) is 2.73. The number of carbonyl (C=O) groups is 2. The van der Waals surface area contributed by atoms with Crippen LogP contribution in [0.15, 0.2) is 60.3 Å². The van der Waals surface area contributed by atoms with Crippen molar-refractivity contribution < 1.29 is 9.59 Å². The molecular weight excluding hydrogens is 300 g/mol. The highest BCUT2D eigenvalue weighted by molar-refractivity contribution is 6.17. The lowest BCUT2D eigenvalue weighted by atomic mass is 10.1. The summed E-state index contributed by atoms with van der Waals surface area (Å²) in [7, 11) is 0. The van der Waals surface area contributed by atoms with E-state index in [1.54, 1.807) is 0 Å². The summed E-state index contributed by atoms with van der Waals surface area (Å²) in [5, 5.41) is 3.11. The van der Waals surface area contributed by atoms with E-state index in [0.717, 1.165) is 22.4 Å².